The van der Waals surface area contributed by atoms with Gasteiger partial charge in [-0.3, -0.25) is 0 Å². The third kappa shape index (κ3) is 2.57. The van der Waals surface area contributed by atoms with Gasteiger partial charge in [-0.05, 0) is 11.6 Å². The van der Waals surface area contributed by atoms with Gasteiger partial charge in [0.2, 0.25) is 6.29 Å². The zero-order chi connectivity index (χ0) is 18.6. The number of aliphatic hydroxyl groups is 5. The van der Waals surface area contributed by atoms with Crippen LogP contribution < -0.4 is 0 Å². The third-order valence-corrected chi connectivity index (χ3v) is 5.31. The van der Waals surface area contributed by atoms with Crippen molar-refractivity contribution in [3.63, 3.8) is 0 Å². The summed E-state index contributed by atoms with van der Waals surface area (Å²) in [6.45, 7) is -0.876. The van der Waals surface area contributed by atoms with E-state index in [-0.39, 0.29) is 12.5 Å². The van der Waals surface area contributed by atoms with Crippen molar-refractivity contribution in [2.24, 2.45) is 11.8 Å². The molecule has 0 aromatic heterocycles. The van der Waals surface area contributed by atoms with E-state index in [1.165, 1.54) is 6.26 Å². The molecule has 3 aliphatic heterocycles. The molecule has 4 rings (SSSR count). The Hall–Kier alpha value is -1.53. The van der Waals surface area contributed by atoms with E-state index in [2.05, 4.69) is 0 Å². The molecule has 9 atom stereocenters. The fourth-order valence-electron chi connectivity index (χ4n) is 3.95. The maximum atomic E-state index is 11.8. The number of hydrogen-bond acceptors (Lipinski definition) is 10. The molecule has 0 bridgehead atoms. The average molecular weight is 372 g/mol. The second-order valence-electron chi connectivity index (χ2n) is 6.73. The van der Waals surface area contributed by atoms with Crippen molar-refractivity contribution in [3.05, 3.63) is 23.5 Å². The second kappa shape index (κ2) is 6.57. The number of ether oxygens (including phenoxy) is 4. The van der Waals surface area contributed by atoms with Crippen molar-refractivity contribution in [1.29, 1.82) is 0 Å². The average Bonchev–Trinajstić information content (AvgIpc) is 3.16. The number of aliphatic hydroxyl groups excluding tert-OH is 5. The summed E-state index contributed by atoms with van der Waals surface area (Å²) in [5, 5.41) is 48.7. The second-order valence-corrected chi connectivity index (χ2v) is 6.73. The van der Waals surface area contributed by atoms with E-state index < -0.39 is 61.6 Å². The summed E-state index contributed by atoms with van der Waals surface area (Å²) in [6.07, 6.45) is -5.84. The minimum absolute atomic E-state index is 0.291. The summed E-state index contributed by atoms with van der Waals surface area (Å²) in [4.78, 5) is 11.8. The van der Waals surface area contributed by atoms with Gasteiger partial charge in [0, 0.05) is 5.92 Å². The molecule has 5 N–H and O–H groups in total. The molecule has 0 saturated carbocycles. The zero-order valence-corrected chi connectivity index (χ0v) is 13.5. The molecule has 10 nitrogen and oxygen atoms in total. The Kier molecular flexibility index (Phi) is 4.51. The Morgan fingerprint density at radius 1 is 1.04 bits per heavy atom. The smallest absolute Gasteiger partial charge is 0.338 e. The number of carbonyl (C=O) groups excluding carboxylic acids is 1. The molecule has 2 fully saturated rings. The van der Waals surface area contributed by atoms with Gasteiger partial charge in [0.25, 0.3) is 0 Å². The van der Waals surface area contributed by atoms with E-state index >= 15 is 0 Å². The highest BCUT2D eigenvalue weighted by Crippen LogP contribution is 2.48. The quantitative estimate of drug-likeness (QED) is 0.257. The molecular weight excluding hydrogens is 352 g/mol. The van der Waals surface area contributed by atoms with Crippen molar-refractivity contribution >= 4 is 5.97 Å². The molecule has 144 valence electrons. The molecular formula is C16H20O10. The van der Waals surface area contributed by atoms with Gasteiger partial charge in [-0.1, -0.05) is 0 Å². The zero-order valence-electron chi connectivity index (χ0n) is 13.5. The van der Waals surface area contributed by atoms with Gasteiger partial charge in [-0.25, -0.2) is 4.79 Å². The summed E-state index contributed by atoms with van der Waals surface area (Å²) in [6, 6.07) is 0. The van der Waals surface area contributed by atoms with Crippen LogP contribution in [0.1, 0.15) is 0 Å². The number of rotatable bonds is 4. The van der Waals surface area contributed by atoms with E-state index in [0.717, 1.165) is 0 Å². The fraction of sp³-hybridized carbons (Fsp3) is 0.688. The topological polar surface area (TPSA) is 155 Å². The predicted molar refractivity (Wildman–Crippen MR) is 79.8 cm³/mol. The molecule has 0 aromatic rings. The minimum atomic E-state index is -1.58. The first-order valence-corrected chi connectivity index (χ1v) is 8.30. The predicted octanol–water partition coefficient (Wildman–Crippen LogP) is -2.87. The maximum Gasteiger partial charge on any atom is 0.338 e. The molecule has 2 saturated heterocycles. The van der Waals surface area contributed by atoms with E-state index in [0.29, 0.717) is 11.1 Å². The van der Waals surface area contributed by atoms with Crippen LogP contribution in [0.2, 0.25) is 0 Å². The van der Waals surface area contributed by atoms with Crippen LogP contribution in [0.3, 0.4) is 0 Å². The van der Waals surface area contributed by atoms with Crippen LogP contribution in [0.5, 0.6) is 0 Å². The SMILES string of the molecule is O=C1O[C@H]2C=C(CO)[C@H]3[C@H](O[C@@H]4O[C@H](CO)[C@@H](O)[C@H](O)[C@H]4O)OC=C1[C@H]32. The van der Waals surface area contributed by atoms with Crippen LogP contribution in [0.25, 0.3) is 0 Å². The maximum absolute atomic E-state index is 11.8. The third-order valence-electron chi connectivity index (χ3n) is 5.31. The largest absolute Gasteiger partial charge is 0.471 e. The monoisotopic (exact) mass is 372 g/mol. The Morgan fingerprint density at radius 2 is 1.81 bits per heavy atom. The molecule has 1 aliphatic carbocycles. The van der Waals surface area contributed by atoms with Gasteiger partial charge < -0.3 is 44.5 Å². The van der Waals surface area contributed by atoms with Crippen LogP contribution in [0.4, 0.5) is 0 Å². The van der Waals surface area contributed by atoms with Crippen LogP contribution in [0.15, 0.2) is 23.5 Å². The highest BCUT2D eigenvalue weighted by Gasteiger charge is 2.56. The van der Waals surface area contributed by atoms with Crippen LogP contribution in [0, 0.1) is 11.8 Å². The molecule has 3 heterocycles. The number of carbonyl (C=O) groups is 1. The summed E-state index contributed by atoms with van der Waals surface area (Å²) in [5.74, 6) is -1.42. The summed E-state index contributed by atoms with van der Waals surface area (Å²) >= 11 is 0. The van der Waals surface area contributed by atoms with Gasteiger partial charge in [0.15, 0.2) is 6.29 Å². The van der Waals surface area contributed by atoms with Crippen molar-refractivity contribution in [1.82, 2.24) is 0 Å². The standard InChI is InChI=1S/C16H20O10/c17-2-5-1-7-10-6(14(22)24-7)4-23-15(9(5)10)26-16-13(21)12(20)11(19)8(3-18)25-16/h1,4,7-13,15-21H,2-3H2/t7-,8+,9+,10-,11+,12-,13+,15-,16-/m0/s1. The molecule has 0 radical (unpaired) electrons. The fourth-order valence-corrected chi connectivity index (χ4v) is 3.95. The normalized spacial score (nSPS) is 47.0. The van der Waals surface area contributed by atoms with Crippen molar-refractivity contribution in [2.75, 3.05) is 13.2 Å². The molecule has 4 aliphatic rings. The first kappa shape index (κ1) is 17.9. The first-order chi connectivity index (χ1) is 12.5. The van der Waals surface area contributed by atoms with Crippen molar-refractivity contribution < 1.29 is 49.3 Å². The van der Waals surface area contributed by atoms with Crippen molar-refractivity contribution in [2.45, 2.75) is 43.1 Å². The Morgan fingerprint density at radius 3 is 2.50 bits per heavy atom. The van der Waals surface area contributed by atoms with Crippen LogP contribution in [-0.4, -0.2) is 87.8 Å². The Bertz CT molecular complexity index is 643. The molecule has 26 heavy (non-hydrogen) atoms. The summed E-state index contributed by atoms with van der Waals surface area (Å²) in [7, 11) is 0. The van der Waals surface area contributed by atoms with Gasteiger partial charge >= 0.3 is 5.97 Å². The van der Waals surface area contributed by atoms with E-state index in [9.17, 15) is 30.3 Å². The van der Waals surface area contributed by atoms with Gasteiger partial charge in [-0.15, -0.1) is 0 Å². The van der Waals surface area contributed by atoms with Crippen LogP contribution >= 0.6 is 0 Å². The lowest BCUT2D eigenvalue weighted by molar-refractivity contribution is -0.339. The first-order valence-electron chi connectivity index (χ1n) is 8.30. The lowest BCUT2D eigenvalue weighted by Crippen LogP contribution is -2.60. The highest BCUT2D eigenvalue weighted by molar-refractivity contribution is 5.92. The minimum Gasteiger partial charge on any atom is -0.471 e. The Labute approximate surface area is 147 Å². The summed E-state index contributed by atoms with van der Waals surface area (Å²) in [5.41, 5.74) is 0.904. The molecule has 0 amide bonds. The lowest BCUT2D eigenvalue weighted by atomic mass is 9.84. The number of hydrogen-bond donors (Lipinski definition) is 5. The highest BCUT2D eigenvalue weighted by atomic mass is 16.8. The Balaban J connectivity index is 1.56. The molecule has 0 unspecified atom stereocenters. The molecule has 10 heteroatoms. The lowest BCUT2D eigenvalue weighted by Gasteiger charge is -2.42. The summed E-state index contributed by atoms with van der Waals surface area (Å²) < 4.78 is 21.7. The van der Waals surface area contributed by atoms with E-state index in [1.54, 1.807) is 6.08 Å². The molecule has 0 spiro atoms. The van der Waals surface area contributed by atoms with Gasteiger partial charge in [-0.2, -0.15) is 0 Å². The van der Waals surface area contributed by atoms with E-state index in [1.807, 2.05) is 0 Å². The molecule has 0 aromatic carbocycles. The van der Waals surface area contributed by atoms with E-state index in [4.69, 9.17) is 18.9 Å². The van der Waals surface area contributed by atoms with Crippen molar-refractivity contribution in [3.8, 4) is 0 Å². The number of esters is 1. The van der Waals surface area contributed by atoms with Gasteiger partial charge in [0.1, 0.15) is 30.5 Å². The van der Waals surface area contributed by atoms with Crippen LogP contribution in [-0.2, 0) is 23.7 Å². The van der Waals surface area contributed by atoms with Gasteiger partial charge in [0.05, 0.1) is 31.0 Å².